The molecule has 0 unspecified atom stereocenters. The van der Waals surface area contributed by atoms with Gasteiger partial charge in [-0.3, -0.25) is 28.8 Å². The van der Waals surface area contributed by atoms with Crippen molar-refractivity contribution >= 4 is 35.5 Å². The van der Waals surface area contributed by atoms with Gasteiger partial charge >= 0.3 is 5.97 Å². The molecular formula is C33H61N5O9. The van der Waals surface area contributed by atoms with Gasteiger partial charge in [-0.15, -0.1) is 0 Å². The zero-order valence-electron chi connectivity index (χ0n) is 30.0. The maximum absolute atomic E-state index is 13.5. The van der Waals surface area contributed by atoms with Crippen LogP contribution in [-0.2, 0) is 28.8 Å². The van der Waals surface area contributed by atoms with Gasteiger partial charge in [0.1, 0.15) is 18.1 Å². The van der Waals surface area contributed by atoms with Crippen molar-refractivity contribution in [2.75, 3.05) is 0 Å². The Bertz CT molecular complexity index is 1050. The molecule has 0 heterocycles. The first-order chi connectivity index (χ1) is 21.6. The molecule has 8 N–H and O–H groups in total. The van der Waals surface area contributed by atoms with Gasteiger partial charge in [-0.2, -0.15) is 0 Å². The lowest BCUT2D eigenvalue weighted by atomic mass is 9.95. The normalized spacial score (nSPS) is 16.2. The fourth-order valence-electron chi connectivity index (χ4n) is 4.87. The van der Waals surface area contributed by atoms with E-state index in [9.17, 15) is 39.0 Å². The average molecular weight is 672 g/mol. The van der Waals surface area contributed by atoms with Crippen LogP contribution >= 0.6 is 0 Å². The molecule has 0 aliphatic heterocycles. The lowest BCUT2D eigenvalue weighted by Gasteiger charge is -2.31. The van der Waals surface area contributed by atoms with Crippen LogP contribution in [0.1, 0.15) is 102 Å². The molecule has 0 aliphatic carbocycles. The monoisotopic (exact) mass is 671 g/mol. The number of hydrogen-bond donors (Lipinski definition) is 8. The van der Waals surface area contributed by atoms with E-state index in [4.69, 9.17) is 5.11 Å². The predicted molar refractivity (Wildman–Crippen MR) is 178 cm³/mol. The minimum atomic E-state index is -1.33. The number of aliphatic hydroxyl groups excluding tert-OH is 2. The van der Waals surface area contributed by atoms with Crippen LogP contribution < -0.4 is 26.6 Å². The highest BCUT2D eigenvalue weighted by Gasteiger charge is 2.34. The van der Waals surface area contributed by atoms with E-state index in [1.165, 1.54) is 6.92 Å². The maximum atomic E-state index is 13.5. The van der Waals surface area contributed by atoms with Crippen molar-refractivity contribution in [3.63, 3.8) is 0 Å². The molecule has 0 spiro atoms. The quantitative estimate of drug-likeness (QED) is 0.0873. The van der Waals surface area contributed by atoms with Crippen LogP contribution in [0.25, 0.3) is 0 Å². The molecule has 0 radical (unpaired) electrons. The molecule has 0 aromatic rings. The van der Waals surface area contributed by atoms with Gasteiger partial charge in [-0.05, 0) is 43.4 Å². The van der Waals surface area contributed by atoms with E-state index < -0.39 is 84.9 Å². The van der Waals surface area contributed by atoms with Gasteiger partial charge in [-0.25, -0.2) is 0 Å². The van der Waals surface area contributed by atoms with Crippen molar-refractivity contribution in [2.45, 2.75) is 144 Å². The molecule has 0 saturated carbocycles. The van der Waals surface area contributed by atoms with E-state index in [0.29, 0.717) is 12.8 Å². The Balaban J connectivity index is 5.60. The first kappa shape index (κ1) is 43.7. The zero-order chi connectivity index (χ0) is 36.8. The molecule has 0 bridgehead atoms. The Morgan fingerprint density at radius 3 is 1.28 bits per heavy atom. The molecule has 0 aromatic carbocycles. The molecule has 14 nitrogen and oxygen atoms in total. The number of carboxylic acid groups (broad SMARTS) is 1. The van der Waals surface area contributed by atoms with Crippen molar-refractivity contribution in [2.24, 2.45) is 29.6 Å². The van der Waals surface area contributed by atoms with E-state index in [1.807, 2.05) is 27.7 Å². The van der Waals surface area contributed by atoms with E-state index in [2.05, 4.69) is 26.6 Å². The Morgan fingerprint density at radius 1 is 0.511 bits per heavy atom. The summed E-state index contributed by atoms with van der Waals surface area (Å²) in [6.45, 7) is 19.4. The predicted octanol–water partition coefficient (Wildman–Crippen LogP) is 1.08. The highest BCUT2D eigenvalue weighted by atomic mass is 16.4. The molecular weight excluding hydrogens is 610 g/mol. The number of nitrogens with one attached hydrogen (secondary N) is 5. The minimum absolute atomic E-state index is 0.0153. The molecule has 0 saturated heterocycles. The van der Waals surface area contributed by atoms with Crippen molar-refractivity contribution in [1.29, 1.82) is 0 Å². The van der Waals surface area contributed by atoms with Crippen LogP contribution in [0.15, 0.2) is 0 Å². The third-order valence-electron chi connectivity index (χ3n) is 7.60. The molecule has 0 aromatic heterocycles. The summed E-state index contributed by atoms with van der Waals surface area (Å²) in [6.07, 6.45) is -3.02. The van der Waals surface area contributed by atoms with Crippen LogP contribution in [0.4, 0.5) is 0 Å². The largest absolute Gasteiger partial charge is 0.481 e. The van der Waals surface area contributed by atoms with Gasteiger partial charge in [0.2, 0.25) is 29.5 Å². The van der Waals surface area contributed by atoms with Gasteiger partial charge in [0, 0.05) is 5.92 Å². The summed E-state index contributed by atoms with van der Waals surface area (Å²) in [4.78, 5) is 75.7. The lowest BCUT2D eigenvalue weighted by Crippen LogP contribution is -2.59. The number of hydrogen-bond acceptors (Lipinski definition) is 8. The summed E-state index contributed by atoms with van der Waals surface area (Å²) >= 11 is 0. The zero-order valence-corrected chi connectivity index (χ0v) is 30.0. The second-order valence-corrected chi connectivity index (χ2v) is 14.3. The first-order valence-electron chi connectivity index (χ1n) is 16.7. The van der Waals surface area contributed by atoms with Crippen molar-refractivity contribution in [3.05, 3.63) is 0 Å². The van der Waals surface area contributed by atoms with Crippen molar-refractivity contribution in [3.8, 4) is 0 Å². The van der Waals surface area contributed by atoms with Gasteiger partial charge < -0.3 is 41.9 Å². The first-order valence-corrected chi connectivity index (χ1v) is 16.7. The summed E-state index contributed by atoms with van der Waals surface area (Å²) in [5.41, 5.74) is 0. The lowest BCUT2D eigenvalue weighted by molar-refractivity contribution is -0.140. The Hall–Kier alpha value is -3.26. The SMILES string of the molecule is CC(C)C[C@H](NC(=O)[C@@H](C)NC(=O)C[C@H](O)[C@@H](CC(C)C)NC(=O)[C@H](NC(=O)[C@@H](NC(=O)C(C)C)C(C)C)C(C)C)[C@H](O)CC(=O)O. The van der Waals surface area contributed by atoms with Crippen LogP contribution in [0.5, 0.6) is 0 Å². The van der Waals surface area contributed by atoms with E-state index >= 15 is 0 Å². The Morgan fingerprint density at radius 2 is 0.894 bits per heavy atom. The van der Waals surface area contributed by atoms with Crippen LogP contribution in [0.2, 0.25) is 0 Å². The van der Waals surface area contributed by atoms with Crippen LogP contribution in [0.3, 0.4) is 0 Å². The minimum Gasteiger partial charge on any atom is -0.481 e. The number of carbonyl (C=O) groups excluding carboxylic acids is 5. The standard InChI is InChI=1S/C33H61N5O9/c1-16(2)12-22(36-32(46)28(18(5)6)38-33(47)29(19(7)8)37-30(44)20(9)10)24(39)14-26(41)34-21(11)31(45)35-23(13-17(3)4)25(40)15-27(42)43/h16-25,28-29,39-40H,12-15H2,1-11H3,(H,34,41)(H,35,45)(H,36,46)(H,37,44)(H,38,47)(H,42,43)/t21-,22-,23+,24+,25-,28-,29+/m1/s1. The van der Waals surface area contributed by atoms with Crippen LogP contribution in [-0.4, -0.2) is 93.2 Å². The second kappa shape index (κ2) is 20.9. The summed E-state index contributed by atoms with van der Waals surface area (Å²) in [7, 11) is 0. The molecule has 272 valence electrons. The smallest absolute Gasteiger partial charge is 0.306 e. The third-order valence-corrected chi connectivity index (χ3v) is 7.60. The van der Waals surface area contributed by atoms with Crippen molar-refractivity contribution < 1.29 is 44.1 Å². The number of aliphatic carboxylic acids is 1. The molecule has 5 amide bonds. The fourth-order valence-corrected chi connectivity index (χ4v) is 4.87. The third kappa shape index (κ3) is 16.9. The molecule has 0 rings (SSSR count). The van der Waals surface area contributed by atoms with Gasteiger partial charge in [0.15, 0.2) is 0 Å². The molecule has 7 atom stereocenters. The number of carboxylic acids is 1. The molecule has 0 aliphatic rings. The summed E-state index contributed by atoms with van der Waals surface area (Å²) in [5.74, 6) is -4.73. The maximum Gasteiger partial charge on any atom is 0.306 e. The summed E-state index contributed by atoms with van der Waals surface area (Å²) < 4.78 is 0. The van der Waals surface area contributed by atoms with Gasteiger partial charge in [0.25, 0.3) is 0 Å². The highest BCUT2D eigenvalue weighted by Crippen LogP contribution is 2.15. The average Bonchev–Trinajstić information content (AvgIpc) is 2.91. The van der Waals surface area contributed by atoms with E-state index in [-0.39, 0.29) is 35.5 Å². The highest BCUT2D eigenvalue weighted by molar-refractivity contribution is 5.93. The number of carbonyl (C=O) groups is 6. The summed E-state index contributed by atoms with van der Waals surface area (Å²) in [5, 5.41) is 43.8. The molecule has 14 heteroatoms. The van der Waals surface area contributed by atoms with E-state index in [0.717, 1.165) is 0 Å². The van der Waals surface area contributed by atoms with Gasteiger partial charge in [-0.1, -0.05) is 69.2 Å². The topological polar surface area (TPSA) is 223 Å². The van der Waals surface area contributed by atoms with E-state index in [1.54, 1.807) is 41.5 Å². The second-order valence-electron chi connectivity index (χ2n) is 14.3. The molecule has 0 fully saturated rings. The number of amides is 5. The number of rotatable bonds is 21. The van der Waals surface area contributed by atoms with Gasteiger partial charge in [0.05, 0.1) is 37.1 Å². The summed E-state index contributed by atoms with van der Waals surface area (Å²) in [6, 6.07) is -4.62. The Labute approximate surface area is 280 Å². The van der Waals surface area contributed by atoms with Crippen molar-refractivity contribution in [1.82, 2.24) is 26.6 Å². The fraction of sp³-hybridized carbons (Fsp3) is 0.818. The Kier molecular flexibility index (Phi) is 19.4. The van der Waals surface area contributed by atoms with Crippen LogP contribution in [0, 0.1) is 29.6 Å². The number of aliphatic hydroxyl groups is 2. The molecule has 47 heavy (non-hydrogen) atoms.